The highest BCUT2D eigenvalue weighted by Gasteiger charge is 2.22. The first-order valence-corrected chi connectivity index (χ1v) is 13.6. The van der Waals surface area contributed by atoms with Crippen molar-refractivity contribution in [2.24, 2.45) is 0 Å². The third kappa shape index (κ3) is 6.05. The average Bonchev–Trinajstić information content (AvgIpc) is 3.34. The number of aryl methyl sites for hydroxylation is 1. The van der Waals surface area contributed by atoms with Crippen molar-refractivity contribution < 1.29 is 14.6 Å². The number of fused-ring (bicyclic) bond motifs is 1. The van der Waals surface area contributed by atoms with Gasteiger partial charge in [-0.15, -0.1) is 15.0 Å². The average molecular weight is 554 g/mol. The van der Waals surface area contributed by atoms with E-state index in [1.54, 1.807) is 43.1 Å². The molecule has 3 N–H and O–H groups in total. The van der Waals surface area contributed by atoms with Crippen molar-refractivity contribution >= 4 is 40.2 Å². The second kappa shape index (κ2) is 10.9. The minimum absolute atomic E-state index is 0.194. The number of hydrogen-bond acceptors (Lipinski definition) is 6. The number of methoxy groups -OCH3 is 1. The van der Waals surface area contributed by atoms with Crippen LogP contribution in [0.25, 0.3) is 16.7 Å². The van der Waals surface area contributed by atoms with Crippen LogP contribution in [0.5, 0.6) is 11.5 Å². The number of urea groups is 1. The lowest BCUT2D eigenvalue weighted by atomic mass is 9.85. The van der Waals surface area contributed by atoms with Crippen LogP contribution in [0.2, 0.25) is 0 Å². The number of amides is 2. The number of aromatic hydroxyl groups is 1. The topological polar surface area (TPSA) is 101 Å². The van der Waals surface area contributed by atoms with Crippen molar-refractivity contribution in [1.29, 1.82) is 0 Å². The number of phenols is 1. The van der Waals surface area contributed by atoms with Crippen LogP contribution in [0.3, 0.4) is 0 Å². The minimum Gasteiger partial charge on any atom is -0.505 e. The van der Waals surface area contributed by atoms with Gasteiger partial charge in [-0.2, -0.15) is 0 Å². The Morgan fingerprint density at radius 3 is 2.08 bits per heavy atom. The number of anilines is 2. The second-order valence-electron chi connectivity index (χ2n) is 10.5. The molecule has 0 aliphatic rings. The van der Waals surface area contributed by atoms with Crippen molar-refractivity contribution in [2.45, 2.75) is 42.9 Å². The number of carbonyl (C=O) groups is 1. The van der Waals surface area contributed by atoms with Crippen molar-refractivity contribution in [2.75, 3.05) is 17.7 Å². The van der Waals surface area contributed by atoms with E-state index in [9.17, 15) is 9.90 Å². The van der Waals surface area contributed by atoms with Gasteiger partial charge in [0.2, 0.25) is 0 Å². The lowest BCUT2D eigenvalue weighted by Gasteiger charge is -2.22. The van der Waals surface area contributed by atoms with Gasteiger partial charge in [0.1, 0.15) is 28.2 Å². The molecular formula is C31H31N5O3S. The molecule has 0 saturated carbocycles. The summed E-state index contributed by atoms with van der Waals surface area (Å²) in [6.45, 7) is 8.22. The molecule has 0 aliphatic heterocycles. The summed E-state index contributed by atoms with van der Waals surface area (Å²) in [6, 6.07) is 24.2. The lowest BCUT2D eigenvalue weighted by Crippen LogP contribution is -2.19. The van der Waals surface area contributed by atoms with Gasteiger partial charge in [0.15, 0.2) is 0 Å². The monoisotopic (exact) mass is 553 g/mol. The highest BCUT2D eigenvalue weighted by Crippen LogP contribution is 2.36. The van der Waals surface area contributed by atoms with E-state index in [1.807, 2.05) is 61.5 Å². The molecule has 0 fully saturated rings. The summed E-state index contributed by atoms with van der Waals surface area (Å²) < 4.78 is 5.14. The van der Waals surface area contributed by atoms with E-state index in [1.165, 1.54) is 4.80 Å². The molecule has 1 aromatic heterocycles. The highest BCUT2D eigenvalue weighted by molar-refractivity contribution is 7.99. The largest absolute Gasteiger partial charge is 0.505 e. The Labute approximate surface area is 237 Å². The van der Waals surface area contributed by atoms with Gasteiger partial charge < -0.3 is 20.5 Å². The number of rotatable bonds is 6. The summed E-state index contributed by atoms with van der Waals surface area (Å²) in [6.07, 6.45) is 0. The molecule has 9 heteroatoms. The van der Waals surface area contributed by atoms with Crippen LogP contribution < -0.4 is 15.4 Å². The zero-order valence-electron chi connectivity index (χ0n) is 23.0. The van der Waals surface area contributed by atoms with Crippen LogP contribution in [0.1, 0.15) is 31.9 Å². The first kappa shape index (κ1) is 27.1. The first-order chi connectivity index (χ1) is 19.1. The quantitative estimate of drug-likeness (QED) is 0.201. The number of nitrogens with one attached hydrogen (secondary N) is 2. The predicted octanol–water partition coefficient (Wildman–Crippen LogP) is 7.54. The Balaban J connectivity index is 1.28. The summed E-state index contributed by atoms with van der Waals surface area (Å²) >= 11 is 1.59. The van der Waals surface area contributed by atoms with Gasteiger partial charge >= 0.3 is 6.03 Å². The highest BCUT2D eigenvalue weighted by atomic mass is 32.2. The van der Waals surface area contributed by atoms with Crippen LogP contribution in [0, 0.1) is 6.92 Å². The maximum absolute atomic E-state index is 12.4. The van der Waals surface area contributed by atoms with Crippen molar-refractivity contribution in [1.82, 2.24) is 15.0 Å². The van der Waals surface area contributed by atoms with Crippen molar-refractivity contribution in [3.63, 3.8) is 0 Å². The first-order valence-electron chi connectivity index (χ1n) is 12.8. The fraction of sp³-hybridized carbons (Fsp3) is 0.194. The van der Waals surface area contributed by atoms with Crippen LogP contribution in [-0.2, 0) is 5.41 Å². The molecule has 0 radical (unpaired) electrons. The standard InChI is InChI=1S/C31H31N5O3S/c1-19-16-25(31(2,3)4)29(37)28(17-19)36-34-26-15-14-24(18-27(26)35-36)40-23-12-8-21(9-13-23)33-30(38)32-20-6-10-22(39-5)11-7-20/h6-18,37H,1-5H3,(H2,32,33,38). The molecule has 0 aliphatic carbocycles. The SMILES string of the molecule is COc1ccc(NC(=O)Nc2ccc(Sc3ccc4nn(-c5cc(C)cc(C(C)(C)C)c5O)nc4c3)cc2)cc1. The second-order valence-corrected chi connectivity index (χ2v) is 11.7. The lowest BCUT2D eigenvalue weighted by molar-refractivity contribution is 0.262. The normalized spacial score (nSPS) is 11.4. The van der Waals surface area contributed by atoms with E-state index < -0.39 is 0 Å². The summed E-state index contributed by atoms with van der Waals surface area (Å²) in [7, 11) is 1.60. The molecule has 2 amide bonds. The molecule has 4 aromatic carbocycles. The molecule has 0 spiro atoms. The molecule has 1 heterocycles. The number of aromatic nitrogens is 3. The Kier molecular flexibility index (Phi) is 7.40. The van der Waals surface area contributed by atoms with Gasteiger partial charge in [0.05, 0.1) is 7.11 Å². The van der Waals surface area contributed by atoms with E-state index in [0.717, 1.165) is 37.7 Å². The zero-order valence-corrected chi connectivity index (χ0v) is 23.8. The maximum atomic E-state index is 12.4. The summed E-state index contributed by atoms with van der Waals surface area (Å²) in [5.41, 5.74) is 5.07. The number of phenolic OH excluding ortho intramolecular Hbond substituents is 1. The Bertz CT molecular complexity index is 1670. The molecule has 0 atom stereocenters. The van der Waals surface area contributed by atoms with E-state index >= 15 is 0 Å². The Morgan fingerprint density at radius 1 is 0.850 bits per heavy atom. The molecule has 5 aromatic rings. The summed E-state index contributed by atoms with van der Waals surface area (Å²) in [5, 5.41) is 25.9. The number of carbonyl (C=O) groups excluding carboxylic acids is 1. The third-order valence-corrected chi connectivity index (χ3v) is 7.30. The molecule has 204 valence electrons. The molecule has 5 rings (SSSR count). The van der Waals surface area contributed by atoms with E-state index in [4.69, 9.17) is 4.74 Å². The zero-order chi connectivity index (χ0) is 28.4. The molecule has 0 bridgehead atoms. The van der Waals surface area contributed by atoms with E-state index in [0.29, 0.717) is 17.1 Å². The number of ether oxygens (including phenoxy) is 1. The van der Waals surface area contributed by atoms with E-state index in [-0.39, 0.29) is 17.2 Å². The van der Waals surface area contributed by atoms with E-state index in [2.05, 4.69) is 41.6 Å². The van der Waals surface area contributed by atoms with Crippen LogP contribution in [0.4, 0.5) is 16.2 Å². The molecule has 40 heavy (non-hydrogen) atoms. The van der Waals surface area contributed by atoms with Crippen molar-refractivity contribution in [3.05, 3.63) is 90.0 Å². The fourth-order valence-electron chi connectivity index (χ4n) is 4.26. The molecule has 0 unspecified atom stereocenters. The maximum Gasteiger partial charge on any atom is 0.323 e. The number of benzene rings is 4. The van der Waals surface area contributed by atoms with Crippen LogP contribution in [-0.4, -0.2) is 33.2 Å². The Morgan fingerprint density at radius 2 is 1.45 bits per heavy atom. The van der Waals surface area contributed by atoms with Gasteiger partial charge in [-0.1, -0.05) is 38.6 Å². The molecule has 8 nitrogen and oxygen atoms in total. The molecular weight excluding hydrogens is 522 g/mol. The fourth-order valence-corrected chi connectivity index (χ4v) is 5.11. The number of hydrogen-bond donors (Lipinski definition) is 3. The van der Waals surface area contributed by atoms with Crippen molar-refractivity contribution in [3.8, 4) is 17.2 Å². The minimum atomic E-state index is -0.326. The van der Waals surface area contributed by atoms with Gasteiger partial charge in [-0.3, -0.25) is 0 Å². The summed E-state index contributed by atoms with van der Waals surface area (Å²) in [5.74, 6) is 0.919. The van der Waals surface area contributed by atoms with Gasteiger partial charge in [0.25, 0.3) is 0 Å². The predicted molar refractivity (Wildman–Crippen MR) is 160 cm³/mol. The Hall–Kier alpha value is -4.50. The van der Waals surface area contributed by atoms with Gasteiger partial charge in [0, 0.05) is 26.7 Å². The number of nitrogens with zero attached hydrogens (tertiary/aromatic N) is 3. The van der Waals surface area contributed by atoms with Crippen LogP contribution >= 0.6 is 11.8 Å². The van der Waals surface area contributed by atoms with Crippen LogP contribution in [0.15, 0.2) is 88.7 Å². The van der Waals surface area contributed by atoms with Gasteiger partial charge in [-0.05, 0) is 90.7 Å². The summed E-state index contributed by atoms with van der Waals surface area (Å²) in [4.78, 5) is 15.9. The molecule has 0 saturated heterocycles. The van der Waals surface area contributed by atoms with Gasteiger partial charge in [-0.25, -0.2) is 4.79 Å². The smallest absolute Gasteiger partial charge is 0.323 e. The third-order valence-electron chi connectivity index (χ3n) is 6.31.